The molecule has 0 unspecified atom stereocenters. The minimum Gasteiger partial charge on any atom is -0.489 e. The van der Waals surface area contributed by atoms with Crippen LogP contribution in [0.3, 0.4) is 0 Å². The Labute approximate surface area is 197 Å². The van der Waals surface area contributed by atoms with Crippen molar-refractivity contribution >= 4 is 28.9 Å². The monoisotopic (exact) mass is 464 g/mol. The molecule has 1 aliphatic carbocycles. The summed E-state index contributed by atoms with van der Waals surface area (Å²) in [7, 11) is 0. The Hall–Kier alpha value is -3.15. The van der Waals surface area contributed by atoms with Crippen LogP contribution in [0.1, 0.15) is 30.5 Å². The van der Waals surface area contributed by atoms with E-state index < -0.39 is 0 Å². The number of carbonyl (C=O) groups is 1. The third-order valence-corrected chi connectivity index (χ3v) is 6.86. The van der Waals surface area contributed by atoms with E-state index in [1.54, 1.807) is 17.2 Å². The summed E-state index contributed by atoms with van der Waals surface area (Å²) in [6, 6.07) is 5.52. The van der Waals surface area contributed by atoms with E-state index in [1.165, 1.54) is 6.20 Å². The number of ether oxygens (including phenoxy) is 1. The molecule has 170 valence electrons. The Kier molecular flexibility index (Phi) is 5.92. The molecule has 2 fully saturated rings. The highest BCUT2D eigenvalue weighted by Gasteiger charge is 2.49. The number of pyridine rings is 2. The lowest BCUT2D eigenvalue weighted by Crippen LogP contribution is -2.62. The molecule has 2 aromatic rings. The van der Waals surface area contributed by atoms with Crippen molar-refractivity contribution in [1.29, 1.82) is 5.26 Å². The molecule has 5 rings (SSSR count). The standard InChI is InChI=1S/C24H25ClN6O2/c25-19-12-29-22(8-21(19)33-18-9-24(10-18)13-27-14-24)30-23(32)7-16-1-2-20(28-11-16)17-3-5-31(15-26)6-4-17/h1-3,8,11-12,18,27H,4-7,9-10,13-14H2,(H,29,30,32). The largest absolute Gasteiger partial charge is 0.489 e. The van der Waals surface area contributed by atoms with Crippen molar-refractivity contribution in [2.24, 2.45) is 5.41 Å². The van der Waals surface area contributed by atoms with Crippen molar-refractivity contribution in [1.82, 2.24) is 20.2 Å². The number of hydrogen-bond donors (Lipinski definition) is 2. The third-order valence-electron chi connectivity index (χ3n) is 6.57. The topological polar surface area (TPSA) is 103 Å². The third kappa shape index (κ3) is 4.80. The molecule has 2 N–H and O–H groups in total. The molecule has 1 amide bonds. The predicted octanol–water partition coefficient (Wildman–Crippen LogP) is 3.01. The van der Waals surface area contributed by atoms with Gasteiger partial charge in [0.25, 0.3) is 0 Å². The maximum Gasteiger partial charge on any atom is 0.230 e. The fourth-order valence-corrected chi connectivity index (χ4v) is 4.75. The van der Waals surface area contributed by atoms with E-state index in [2.05, 4.69) is 26.8 Å². The number of nitriles is 1. The summed E-state index contributed by atoms with van der Waals surface area (Å²) in [6.07, 6.45) is 10.6. The quantitative estimate of drug-likeness (QED) is 0.633. The van der Waals surface area contributed by atoms with Gasteiger partial charge in [-0.15, -0.1) is 0 Å². The Morgan fingerprint density at radius 2 is 2.18 bits per heavy atom. The van der Waals surface area contributed by atoms with Crippen molar-refractivity contribution < 1.29 is 9.53 Å². The van der Waals surface area contributed by atoms with Gasteiger partial charge in [0.1, 0.15) is 22.7 Å². The second kappa shape index (κ2) is 9.00. The maximum absolute atomic E-state index is 12.5. The van der Waals surface area contributed by atoms with E-state index in [0.29, 0.717) is 35.1 Å². The van der Waals surface area contributed by atoms with Gasteiger partial charge in [0, 0.05) is 43.9 Å². The first kappa shape index (κ1) is 21.7. The van der Waals surface area contributed by atoms with Crippen molar-refractivity contribution in [3.63, 3.8) is 0 Å². The Bertz CT molecular complexity index is 1110. The van der Waals surface area contributed by atoms with E-state index >= 15 is 0 Å². The first-order valence-corrected chi connectivity index (χ1v) is 11.5. The van der Waals surface area contributed by atoms with Crippen LogP contribution in [-0.4, -0.2) is 53.1 Å². The van der Waals surface area contributed by atoms with Crippen LogP contribution >= 0.6 is 11.6 Å². The second-order valence-electron chi connectivity index (χ2n) is 9.05. The van der Waals surface area contributed by atoms with Gasteiger partial charge in [0.2, 0.25) is 5.91 Å². The molecule has 2 aliphatic heterocycles. The Balaban J connectivity index is 1.16. The Morgan fingerprint density at radius 1 is 1.33 bits per heavy atom. The number of aromatic nitrogens is 2. The number of carbonyl (C=O) groups excluding carboxylic acids is 1. The minimum absolute atomic E-state index is 0.155. The van der Waals surface area contributed by atoms with Gasteiger partial charge in [-0.2, -0.15) is 5.26 Å². The van der Waals surface area contributed by atoms with Gasteiger partial charge >= 0.3 is 0 Å². The van der Waals surface area contributed by atoms with Crippen LogP contribution in [0.5, 0.6) is 5.75 Å². The molecule has 4 heterocycles. The van der Waals surface area contributed by atoms with Gasteiger partial charge in [-0.25, -0.2) is 4.98 Å². The summed E-state index contributed by atoms with van der Waals surface area (Å²) in [4.78, 5) is 23.0. The fourth-order valence-electron chi connectivity index (χ4n) is 4.60. The zero-order chi connectivity index (χ0) is 22.8. The first-order chi connectivity index (χ1) is 16.0. The fraction of sp³-hybridized carbons (Fsp3) is 0.417. The summed E-state index contributed by atoms with van der Waals surface area (Å²) in [5.41, 5.74) is 3.23. The van der Waals surface area contributed by atoms with E-state index in [9.17, 15) is 4.79 Å². The average molecular weight is 465 g/mol. The summed E-state index contributed by atoms with van der Waals surface area (Å²) < 4.78 is 6.05. The van der Waals surface area contributed by atoms with Crippen molar-refractivity contribution in [3.05, 3.63) is 52.9 Å². The van der Waals surface area contributed by atoms with Gasteiger partial charge in [0.05, 0.1) is 18.3 Å². The maximum atomic E-state index is 12.5. The molecule has 0 atom stereocenters. The van der Waals surface area contributed by atoms with E-state index in [-0.39, 0.29) is 18.4 Å². The second-order valence-corrected chi connectivity index (χ2v) is 9.46. The van der Waals surface area contributed by atoms with Crippen molar-refractivity contribution in [3.8, 4) is 11.9 Å². The highest BCUT2D eigenvalue weighted by Crippen LogP contribution is 2.46. The summed E-state index contributed by atoms with van der Waals surface area (Å²) in [5, 5.41) is 15.5. The van der Waals surface area contributed by atoms with Crippen LogP contribution in [-0.2, 0) is 11.2 Å². The molecule has 8 nitrogen and oxygen atoms in total. The van der Waals surface area contributed by atoms with Gasteiger partial charge in [-0.3, -0.25) is 9.78 Å². The first-order valence-electron chi connectivity index (χ1n) is 11.1. The van der Waals surface area contributed by atoms with Crippen LogP contribution in [0, 0.1) is 16.9 Å². The van der Waals surface area contributed by atoms with Gasteiger partial charge in [-0.05, 0) is 36.5 Å². The number of nitrogens with zero attached hydrogens (tertiary/aromatic N) is 4. The highest BCUT2D eigenvalue weighted by molar-refractivity contribution is 6.32. The van der Waals surface area contributed by atoms with Gasteiger partial charge in [0.15, 0.2) is 6.19 Å². The smallest absolute Gasteiger partial charge is 0.230 e. The van der Waals surface area contributed by atoms with Gasteiger partial charge in [-0.1, -0.05) is 23.7 Å². The molecule has 1 saturated heterocycles. The van der Waals surface area contributed by atoms with Crippen LogP contribution in [0.2, 0.25) is 5.02 Å². The molecule has 1 saturated carbocycles. The zero-order valence-corrected chi connectivity index (χ0v) is 18.9. The summed E-state index contributed by atoms with van der Waals surface area (Å²) in [5.74, 6) is 0.781. The van der Waals surface area contributed by atoms with Crippen molar-refractivity contribution in [2.75, 3.05) is 31.5 Å². The molecule has 9 heteroatoms. The van der Waals surface area contributed by atoms with Crippen LogP contribution < -0.4 is 15.4 Å². The average Bonchev–Trinajstić information content (AvgIpc) is 2.77. The Morgan fingerprint density at radius 3 is 2.82 bits per heavy atom. The molecular formula is C24H25ClN6O2. The van der Waals surface area contributed by atoms with E-state index in [0.717, 1.165) is 49.2 Å². The van der Waals surface area contributed by atoms with Crippen LogP contribution in [0.4, 0.5) is 5.82 Å². The van der Waals surface area contributed by atoms with Gasteiger partial charge < -0.3 is 20.3 Å². The molecular weight excluding hydrogens is 440 g/mol. The number of amides is 1. The summed E-state index contributed by atoms with van der Waals surface area (Å²) in [6.45, 7) is 3.43. The van der Waals surface area contributed by atoms with Crippen LogP contribution in [0.15, 0.2) is 36.7 Å². The number of nitrogens with one attached hydrogen (secondary N) is 2. The van der Waals surface area contributed by atoms with E-state index in [1.807, 2.05) is 18.2 Å². The zero-order valence-electron chi connectivity index (χ0n) is 18.2. The molecule has 33 heavy (non-hydrogen) atoms. The number of halogens is 1. The number of rotatable bonds is 6. The highest BCUT2D eigenvalue weighted by atomic mass is 35.5. The lowest BCUT2D eigenvalue weighted by molar-refractivity contribution is -0.115. The molecule has 0 bridgehead atoms. The normalized spacial score (nSPS) is 19.2. The lowest BCUT2D eigenvalue weighted by Gasteiger charge is -2.53. The minimum atomic E-state index is -0.185. The summed E-state index contributed by atoms with van der Waals surface area (Å²) >= 11 is 6.26. The SMILES string of the molecule is N#CN1CC=C(c2ccc(CC(=O)Nc3cc(OC4CC5(CNC5)C4)c(Cl)cn3)cn2)CC1. The molecule has 0 aromatic carbocycles. The molecule has 0 radical (unpaired) electrons. The molecule has 1 spiro atoms. The lowest BCUT2D eigenvalue weighted by atomic mass is 9.63. The molecule has 2 aromatic heterocycles. The van der Waals surface area contributed by atoms with Crippen LogP contribution in [0.25, 0.3) is 5.57 Å². The number of anilines is 1. The predicted molar refractivity (Wildman–Crippen MR) is 125 cm³/mol. The number of hydrogen-bond acceptors (Lipinski definition) is 7. The van der Waals surface area contributed by atoms with Crippen molar-refractivity contribution in [2.45, 2.75) is 31.8 Å². The molecule has 3 aliphatic rings. The van der Waals surface area contributed by atoms with E-state index in [4.69, 9.17) is 21.6 Å².